The lowest BCUT2D eigenvalue weighted by Crippen LogP contribution is -2.33. The third kappa shape index (κ3) is 3.45. The largest absolute Gasteiger partial charge is 0.297 e. The summed E-state index contributed by atoms with van der Waals surface area (Å²) in [5, 5.41) is 0. The normalized spacial score (nSPS) is 24.6. The zero-order valence-corrected chi connectivity index (χ0v) is 10.2. The van der Waals surface area contributed by atoms with Crippen LogP contribution in [0.4, 0.5) is 0 Å². The van der Waals surface area contributed by atoms with Crippen LogP contribution < -0.4 is 0 Å². The molecule has 0 amide bonds. The van der Waals surface area contributed by atoms with Crippen molar-refractivity contribution in [2.45, 2.75) is 53.0 Å². The molecule has 0 bridgehead atoms. The molecule has 1 heteroatoms. The molecule has 0 fully saturated rings. The average molecular weight is 195 g/mol. The van der Waals surface area contributed by atoms with E-state index in [1.54, 1.807) is 5.57 Å². The monoisotopic (exact) mass is 195 g/mol. The first-order valence-corrected chi connectivity index (χ1v) is 6.04. The first-order valence-electron chi connectivity index (χ1n) is 6.04. The summed E-state index contributed by atoms with van der Waals surface area (Å²) in [5.74, 6) is 0.738. The van der Waals surface area contributed by atoms with Gasteiger partial charge in [-0.3, -0.25) is 4.90 Å². The van der Waals surface area contributed by atoms with Crippen LogP contribution in [0.3, 0.4) is 0 Å². The molecule has 1 aliphatic heterocycles. The molecule has 1 aliphatic rings. The molecular formula is C13H25N. The van der Waals surface area contributed by atoms with Gasteiger partial charge in [0, 0.05) is 12.6 Å². The van der Waals surface area contributed by atoms with Crippen molar-refractivity contribution in [1.29, 1.82) is 0 Å². The van der Waals surface area contributed by atoms with E-state index in [1.165, 1.54) is 25.8 Å². The second-order valence-electron chi connectivity index (χ2n) is 4.98. The lowest BCUT2D eigenvalue weighted by molar-refractivity contribution is 0.236. The Morgan fingerprint density at radius 3 is 2.43 bits per heavy atom. The SMILES string of the molecule is CC(C)/C1=C/CN(C(C)C)CCCC1. The molecule has 0 spiro atoms. The summed E-state index contributed by atoms with van der Waals surface area (Å²) < 4.78 is 0. The molecule has 0 saturated heterocycles. The Balaban J connectivity index is 2.59. The Morgan fingerprint density at radius 2 is 1.86 bits per heavy atom. The minimum atomic E-state index is 0.692. The highest BCUT2D eigenvalue weighted by atomic mass is 15.1. The summed E-state index contributed by atoms with van der Waals surface area (Å²) in [4.78, 5) is 2.57. The van der Waals surface area contributed by atoms with Gasteiger partial charge in [-0.05, 0) is 45.6 Å². The third-order valence-electron chi connectivity index (χ3n) is 3.22. The van der Waals surface area contributed by atoms with Crippen LogP contribution in [0.15, 0.2) is 11.6 Å². The minimum absolute atomic E-state index is 0.692. The van der Waals surface area contributed by atoms with Crippen molar-refractivity contribution in [3.05, 3.63) is 11.6 Å². The van der Waals surface area contributed by atoms with Crippen molar-refractivity contribution in [2.24, 2.45) is 5.92 Å². The van der Waals surface area contributed by atoms with Crippen LogP contribution in [0.2, 0.25) is 0 Å². The molecule has 0 atom stereocenters. The van der Waals surface area contributed by atoms with Gasteiger partial charge >= 0.3 is 0 Å². The van der Waals surface area contributed by atoms with Gasteiger partial charge in [-0.1, -0.05) is 25.5 Å². The maximum atomic E-state index is 2.57. The lowest BCUT2D eigenvalue weighted by atomic mass is 9.95. The van der Waals surface area contributed by atoms with E-state index in [2.05, 4.69) is 38.7 Å². The van der Waals surface area contributed by atoms with Crippen LogP contribution in [0.25, 0.3) is 0 Å². The third-order valence-corrected chi connectivity index (χ3v) is 3.22. The summed E-state index contributed by atoms with van der Waals surface area (Å²) in [6.45, 7) is 11.7. The summed E-state index contributed by atoms with van der Waals surface area (Å²) >= 11 is 0. The number of hydrogen-bond donors (Lipinski definition) is 0. The van der Waals surface area contributed by atoms with Crippen molar-refractivity contribution < 1.29 is 0 Å². The van der Waals surface area contributed by atoms with Gasteiger partial charge in [0.15, 0.2) is 0 Å². The van der Waals surface area contributed by atoms with Crippen molar-refractivity contribution in [3.8, 4) is 0 Å². The topological polar surface area (TPSA) is 3.24 Å². The Hall–Kier alpha value is -0.300. The molecule has 0 aliphatic carbocycles. The van der Waals surface area contributed by atoms with Gasteiger partial charge in [0.1, 0.15) is 0 Å². The van der Waals surface area contributed by atoms with Crippen LogP contribution in [-0.4, -0.2) is 24.0 Å². The van der Waals surface area contributed by atoms with Crippen molar-refractivity contribution in [1.82, 2.24) is 4.90 Å². The van der Waals surface area contributed by atoms with E-state index < -0.39 is 0 Å². The number of hydrogen-bond acceptors (Lipinski definition) is 1. The first-order chi connectivity index (χ1) is 6.61. The van der Waals surface area contributed by atoms with Gasteiger partial charge in [-0.15, -0.1) is 0 Å². The maximum absolute atomic E-state index is 2.57. The Bertz CT molecular complexity index is 191. The van der Waals surface area contributed by atoms with Gasteiger partial charge < -0.3 is 0 Å². The number of rotatable bonds is 2. The average Bonchev–Trinajstić information content (AvgIpc) is 2.01. The minimum Gasteiger partial charge on any atom is -0.297 e. The fraction of sp³-hybridized carbons (Fsp3) is 0.846. The molecule has 0 N–H and O–H groups in total. The predicted octanol–water partition coefficient (Wildman–Crippen LogP) is 3.46. The summed E-state index contributed by atoms with van der Waals surface area (Å²) in [6.07, 6.45) is 6.52. The van der Waals surface area contributed by atoms with Gasteiger partial charge in [0.25, 0.3) is 0 Å². The molecular weight excluding hydrogens is 170 g/mol. The maximum Gasteiger partial charge on any atom is 0.0168 e. The predicted molar refractivity (Wildman–Crippen MR) is 63.5 cm³/mol. The molecule has 82 valence electrons. The van der Waals surface area contributed by atoms with E-state index >= 15 is 0 Å². The molecule has 1 nitrogen and oxygen atoms in total. The molecule has 1 heterocycles. The summed E-state index contributed by atoms with van der Waals surface area (Å²) in [5.41, 5.74) is 1.66. The van der Waals surface area contributed by atoms with Crippen LogP contribution in [0, 0.1) is 5.92 Å². The second-order valence-corrected chi connectivity index (χ2v) is 4.98. The van der Waals surface area contributed by atoms with Gasteiger partial charge in [-0.25, -0.2) is 0 Å². The van der Waals surface area contributed by atoms with E-state index in [9.17, 15) is 0 Å². The summed E-state index contributed by atoms with van der Waals surface area (Å²) in [7, 11) is 0. The smallest absolute Gasteiger partial charge is 0.0168 e. The van der Waals surface area contributed by atoms with E-state index in [0.717, 1.165) is 12.5 Å². The molecule has 14 heavy (non-hydrogen) atoms. The van der Waals surface area contributed by atoms with Gasteiger partial charge in [-0.2, -0.15) is 0 Å². The van der Waals surface area contributed by atoms with Crippen LogP contribution in [0.1, 0.15) is 47.0 Å². The number of allylic oxidation sites excluding steroid dienone is 1. The van der Waals surface area contributed by atoms with Crippen LogP contribution in [0.5, 0.6) is 0 Å². The van der Waals surface area contributed by atoms with Gasteiger partial charge in [0.05, 0.1) is 0 Å². The number of nitrogens with zero attached hydrogens (tertiary/aromatic N) is 1. The van der Waals surface area contributed by atoms with E-state index in [4.69, 9.17) is 0 Å². The van der Waals surface area contributed by atoms with Crippen molar-refractivity contribution in [2.75, 3.05) is 13.1 Å². The van der Waals surface area contributed by atoms with E-state index in [-0.39, 0.29) is 0 Å². The molecule has 0 unspecified atom stereocenters. The van der Waals surface area contributed by atoms with Gasteiger partial charge in [0.2, 0.25) is 0 Å². The fourth-order valence-electron chi connectivity index (χ4n) is 2.07. The molecule has 0 aromatic heterocycles. The molecule has 0 aromatic rings. The Morgan fingerprint density at radius 1 is 1.14 bits per heavy atom. The molecule has 0 aromatic carbocycles. The molecule has 0 saturated carbocycles. The highest BCUT2D eigenvalue weighted by Crippen LogP contribution is 2.20. The standard InChI is InChI=1S/C13H25N/c1-11(2)13-7-5-6-9-14(10-8-13)12(3)4/h8,11-12H,5-7,9-10H2,1-4H3/b13-8+. The molecule has 0 radical (unpaired) electrons. The van der Waals surface area contributed by atoms with E-state index in [0.29, 0.717) is 6.04 Å². The van der Waals surface area contributed by atoms with Crippen LogP contribution in [-0.2, 0) is 0 Å². The summed E-state index contributed by atoms with van der Waals surface area (Å²) in [6, 6.07) is 0.692. The fourth-order valence-corrected chi connectivity index (χ4v) is 2.07. The molecule has 1 rings (SSSR count). The second kappa shape index (κ2) is 5.55. The highest BCUT2D eigenvalue weighted by Gasteiger charge is 2.12. The lowest BCUT2D eigenvalue weighted by Gasteiger charge is -2.28. The van der Waals surface area contributed by atoms with Crippen molar-refractivity contribution in [3.63, 3.8) is 0 Å². The quantitative estimate of drug-likeness (QED) is 0.610. The Kier molecular flexibility index (Phi) is 4.67. The van der Waals surface area contributed by atoms with E-state index in [1.807, 2.05) is 0 Å². The highest BCUT2D eigenvalue weighted by molar-refractivity contribution is 5.06. The Labute approximate surface area is 89.2 Å². The zero-order valence-electron chi connectivity index (χ0n) is 10.2. The first kappa shape index (κ1) is 11.8. The van der Waals surface area contributed by atoms with Crippen molar-refractivity contribution >= 4 is 0 Å². The zero-order chi connectivity index (χ0) is 10.6. The van der Waals surface area contributed by atoms with Crippen LogP contribution >= 0.6 is 0 Å².